The van der Waals surface area contributed by atoms with Crippen molar-refractivity contribution in [2.45, 2.75) is 12.5 Å². The fourth-order valence-electron chi connectivity index (χ4n) is 1.64. The molecule has 6 nitrogen and oxygen atoms in total. The van der Waals surface area contributed by atoms with Gasteiger partial charge in [0.15, 0.2) is 5.56 Å². The number of aromatic nitrogens is 1. The van der Waals surface area contributed by atoms with Gasteiger partial charge in [0.05, 0.1) is 17.9 Å². The van der Waals surface area contributed by atoms with Crippen molar-refractivity contribution in [3.8, 4) is 11.9 Å². The molecule has 0 aliphatic carbocycles. The Morgan fingerprint density at radius 2 is 2.33 bits per heavy atom. The number of pyridine rings is 1. The molecule has 1 atom stereocenters. The summed E-state index contributed by atoms with van der Waals surface area (Å²) in [6, 6.07) is 1.93. The maximum atomic E-state index is 8.95. The fraction of sp³-hybridized carbons (Fsp3) is 0.333. The number of hydrogen-bond acceptors (Lipinski definition) is 5. The molecule has 15 heavy (non-hydrogen) atoms. The summed E-state index contributed by atoms with van der Waals surface area (Å²) < 4.78 is 5.34. The molecule has 0 unspecified atom stereocenters. The molecule has 2 rings (SSSR count). The predicted molar refractivity (Wildman–Crippen MR) is 51.7 cm³/mol. The van der Waals surface area contributed by atoms with E-state index >= 15 is 0 Å². The molecule has 1 aromatic heterocycles. The summed E-state index contributed by atoms with van der Waals surface area (Å²) in [5.74, 6) is 0.635. The molecular weight excluding hydrogens is 196 g/mol. The summed E-state index contributed by atoms with van der Waals surface area (Å²) in [7, 11) is 0. The highest BCUT2D eigenvalue weighted by Crippen LogP contribution is 2.32. The third kappa shape index (κ3) is 1.33. The molecule has 1 aliphatic rings. The largest absolute Gasteiger partial charge is 0.456 e. The smallest absolute Gasteiger partial charge is 0.293 e. The van der Waals surface area contributed by atoms with Gasteiger partial charge in [-0.3, -0.25) is 5.73 Å². The molecule has 0 radical (unpaired) electrons. The van der Waals surface area contributed by atoms with E-state index in [1.807, 2.05) is 6.07 Å². The van der Waals surface area contributed by atoms with Gasteiger partial charge in [0.1, 0.15) is 12.2 Å². The van der Waals surface area contributed by atoms with Gasteiger partial charge in [-0.15, -0.1) is 0 Å². The average Bonchev–Trinajstić information content (AvgIpc) is 2.61. The average molecular weight is 207 g/mol. The number of nitrogens with one attached hydrogen (secondary N) is 1. The van der Waals surface area contributed by atoms with Crippen LogP contribution in [-0.4, -0.2) is 17.8 Å². The topological polar surface area (TPSA) is 119 Å². The second-order valence-corrected chi connectivity index (χ2v) is 3.37. The third-order valence-electron chi connectivity index (χ3n) is 2.42. The summed E-state index contributed by atoms with van der Waals surface area (Å²) in [4.78, 5) is 2.75. The number of aromatic amines is 1. The fourth-order valence-corrected chi connectivity index (χ4v) is 1.64. The molecule has 0 amide bonds. The molecule has 0 spiro atoms. The maximum Gasteiger partial charge on any atom is 0.293 e. The van der Waals surface area contributed by atoms with Crippen LogP contribution in [0.3, 0.4) is 0 Å². The summed E-state index contributed by atoms with van der Waals surface area (Å²) in [5, 5.41) is 17.8. The Morgan fingerprint density at radius 3 is 2.93 bits per heavy atom. The Balaban J connectivity index is 2.53. The van der Waals surface area contributed by atoms with E-state index in [0.29, 0.717) is 23.6 Å². The van der Waals surface area contributed by atoms with Crippen molar-refractivity contribution in [2.24, 2.45) is 0 Å². The molecule has 6 N–H and O–H groups in total. The quantitative estimate of drug-likeness (QED) is 0.536. The zero-order chi connectivity index (χ0) is 11.0. The zero-order valence-electron chi connectivity index (χ0n) is 7.95. The molecule has 0 fully saturated rings. The van der Waals surface area contributed by atoms with Crippen LogP contribution in [-0.2, 0) is 6.42 Å². The molecule has 0 saturated carbocycles. The minimum Gasteiger partial charge on any atom is -0.456 e. The number of ether oxygens (including phenoxy) is 1. The Hall–Kier alpha value is -2.00. The monoisotopic (exact) mass is 207 g/mol. The molecule has 78 valence electrons. The Bertz CT molecular complexity index is 452. The van der Waals surface area contributed by atoms with E-state index in [9.17, 15) is 0 Å². The molecule has 2 heterocycles. The van der Waals surface area contributed by atoms with Crippen molar-refractivity contribution in [3.63, 3.8) is 0 Å². The van der Waals surface area contributed by atoms with Crippen molar-refractivity contribution in [3.05, 3.63) is 11.1 Å². The number of anilines is 2. The number of rotatable bonds is 1. The second kappa shape index (κ2) is 3.29. The van der Waals surface area contributed by atoms with Gasteiger partial charge in [-0.25, -0.2) is 4.98 Å². The lowest BCUT2D eigenvalue weighted by molar-refractivity contribution is -0.377. The summed E-state index contributed by atoms with van der Waals surface area (Å²) in [6.45, 7) is -0.0935. The first kappa shape index (κ1) is 9.55. The van der Waals surface area contributed by atoms with Crippen LogP contribution in [0, 0.1) is 11.3 Å². The van der Waals surface area contributed by atoms with E-state index in [4.69, 9.17) is 26.6 Å². The molecule has 0 saturated heterocycles. The highest BCUT2D eigenvalue weighted by Gasteiger charge is 2.31. The summed E-state index contributed by atoms with van der Waals surface area (Å²) >= 11 is 0. The van der Waals surface area contributed by atoms with Crippen LogP contribution in [0.15, 0.2) is 0 Å². The lowest BCUT2D eigenvalue weighted by Crippen LogP contribution is -2.20. The number of nitrogen functional groups attached to an aromatic ring is 2. The van der Waals surface area contributed by atoms with Gasteiger partial charge in [-0.2, -0.15) is 5.26 Å². The van der Waals surface area contributed by atoms with Crippen LogP contribution in [0.2, 0.25) is 0 Å². The van der Waals surface area contributed by atoms with Gasteiger partial charge in [-0.1, -0.05) is 0 Å². The van der Waals surface area contributed by atoms with Crippen molar-refractivity contribution >= 4 is 11.5 Å². The lowest BCUT2D eigenvalue weighted by Gasteiger charge is -2.03. The van der Waals surface area contributed by atoms with Crippen LogP contribution < -0.4 is 21.2 Å². The lowest BCUT2D eigenvalue weighted by atomic mass is 10.1. The van der Waals surface area contributed by atoms with Crippen LogP contribution >= 0.6 is 0 Å². The number of fused-ring (bicyclic) bond motifs is 1. The number of aliphatic hydroxyl groups is 1. The van der Waals surface area contributed by atoms with E-state index < -0.39 is 0 Å². The number of hydrogen-bond donors (Lipinski definition) is 3. The van der Waals surface area contributed by atoms with Gasteiger partial charge in [0, 0.05) is 6.42 Å². The van der Waals surface area contributed by atoms with Crippen LogP contribution in [0.4, 0.5) is 11.5 Å². The summed E-state index contributed by atoms with van der Waals surface area (Å²) in [6.07, 6.45) is 0.176. The number of H-pyrrole nitrogens is 1. The van der Waals surface area contributed by atoms with Crippen molar-refractivity contribution < 1.29 is 14.8 Å². The highest BCUT2D eigenvalue weighted by molar-refractivity contribution is 5.68. The third-order valence-corrected chi connectivity index (χ3v) is 2.42. The maximum absolute atomic E-state index is 8.95. The van der Waals surface area contributed by atoms with Gasteiger partial charge in [0.25, 0.3) is 11.7 Å². The number of aliphatic hydroxyl groups excluding tert-OH is 1. The van der Waals surface area contributed by atoms with Gasteiger partial charge < -0.3 is 15.6 Å². The first-order valence-electron chi connectivity index (χ1n) is 4.48. The van der Waals surface area contributed by atoms with E-state index in [-0.39, 0.29) is 24.1 Å². The number of nitriles is 1. The first-order chi connectivity index (χ1) is 7.17. The van der Waals surface area contributed by atoms with Crippen LogP contribution in [0.1, 0.15) is 11.1 Å². The van der Waals surface area contributed by atoms with E-state index in [1.165, 1.54) is 0 Å². The standard InChI is InChI=1S/C9H10N4O2/c10-2-6-7(11)5-1-4(3-14)15-9(5)13-8(6)12/h4,14H,1,3H2,(H4,11,12,13)/p+1/t4-/m0/s1. The van der Waals surface area contributed by atoms with Crippen molar-refractivity contribution in [1.29, 1.82) is 5.26 Å². The highest BCUT2D eigenvalue weighted by atomic mass is 16.5. The summed E-state index contributed by atoms with van der Waals surface area (Å²) in [5.41, 5.74) is 12.6. The van der Waals surface area contributed by atoms with E-state index in [2.05, 4.69) is 4.98 Å². The minimum atomic E-state index is -0.313. The minimum absolute atomic E-state index is 0.0935. The van der Waals surface area contributed by atoms with Crippen LogP contribution in [0.25, 0.3) is 0 Å². The Labute approximate surface area is 86.1 Å². The van der Waals surface area contributed by atoms with Gasteiger partial charge in [0.2, 0.25) is 0 Å². The number of nitrogens with zero attached hydrogens (tertiary/aromatic N) is 1. The number of nitrogens with two attached hydrogens (primary N) is 2. The van der Waals surface area contributed by atoms with E-state index in [1.54, 1.807) is 0 Å². The molecular formula is C9H11N4O2+. The molecule has 1 aromatic rings. The van der Waals surface area contributed by atoms with Gasteiger partial charge in [-0.05, 0) is 0 Å². The molecule has 1 aliphatic heterocycles. The SMILES string of the molecule is N#Cc1c(N)[nH+]c2c(c1N)C[C@@H](CO)O2. The molecule has 0 bridgehead atoms. The molecule has 0 aromatic carbocycles. The Morgan fingerprint density at radius 1 is 1.60 bits per heavy atom. The zero-order valence-corrected chi connectivity index (χ0v) is 7.95. The van der Waals surface area contributed by atoms with Crippen molar-refractivity contribution in [1.82, 2.24) is 0 Å². The Kier molecular flexibility index (Phi) is 2.10. The predicted octanol–water partition coefficient (Wildman–Crippen LogP) is -1.17. The second-order valence-electron chi connectivity index (χ2n) is 3.37. The normalized spacial score (nSPS) is 18.0. The molecule has 6 heteroatoms. The van der Waals surface area contributed by atoms with Crippen LogP contribution in [0.5, 0.6) is 5.88 Å². The van der Waals surface area contributed by atoms with Crippen molar-refractivity contribution in [2.75, 3.05) is 18.1 Å². The van der Waals surface area contributed by atoms with Gasteiger partial charge >= 0.3 is 0 Å². The van der Waals surface area contributed by atoms with E-state index in [0.717, 1.165) is 0 Å². The first-order valence-corrected chi connectivity index (χ1v) is 4.48.